The fourth-order valence-corrected chi connectivity index (χ4v) is 2.27. The molecule has 1 aromatic carbocycles. The van der Waals surface area contributed by atoms with Crippen molar-refractivity contribution in [1.29, 1.82) is 0 Å². The topological polar surface area (TPSA) is 22.1 Å². The molecule has 19 heavy (non-hydrogen) atoms. The summed E-state index contributed by atoms with van der Waals surface area (Å²) in [5.41, 5.74) is 1.07. The molecule has 1 aromatic heterocycles. The van der Waals surface area contributed by atoms with E-state index in [1.165, 1.54) is 18.5 Å². The van der Waals surface area contributed by atoms with E-state index in [9.17, 15) is 13.2 Å². The lowest BCUT2D eigenvalue weighted by Gasteiger charge is -2.29. The Bertz CT molecular complexity index is 642. The summed E-state index contributed by atoms with van der Waals surface area (Å²) in [5.74, 6) is 0.133. The van der Waals surface area contributed by atoms with Gasteiger partial charge in [0, 0.05) is 28.5 Å². The number of alkyl halides is 3. The third-order valence-corrected chi connectivity index (χ3v) is 3.15. The van der Waals surface area contributed by atoms with Crippen molar-refractivity contribution in [2.45, 2.75) is 12.3 Å². The fourth-order valence-electron chi connectivity index (χ4n) is 2.11. The van der Waals surface area contributed by atoms with E-state index in [1.54, 1.807) is 18.2 Å². The molecule has 1 aliphatic heterocycles. The Kier molecular flexibility index (Phi) is 2.67. The van der Waals surface area contributed by atoms with Gasteiger partial charge in [-0.3, -0.25) is 4.98 Å². The fraction of sp³-hybridized carbons (Fsp3) is 0.154. The van der Waals surface area contributed by atoms with Gasteiger partial charge in [-0.1, -0.05) is 11.6 Å². The molecule has 6 heteroatoms. The zero-order chi connectivity index (χ0) is 13.6. The number of ether oxygens (including phenoxy) is 1. The van der Waals surface area contributed by atoms with E-state index in [4.69, 9.17) is 16.3 Å². The molecule has 0 bridgehead atoms. The molecular weight excluding hydrogens is 279 g/mol. The second-order valence-electron chi connectivity index (χ2n) is 4.14. The Hall–Kier alpha value is -1.75. The molecule has 1 atom stereocenters. The molecule has 0 fully saturated rings. The first kappa shape index (κ1) is 12.3. The van der Waals surface area contributed by atoms with Crippen LogP contribution < -0.4 is 4.74 Å². The quantitative estimate of drug-likeness (QED) is 0.716. The molecule has 0 N–H and O–H groups in total. The minimum atomic E-state index is -4.50. The molecule has 0 spiro atoms. The number of benzene rings is 1. The van der Waals surface area contributed by atoms with Gasteiger partial charge in [-0.15, -0.1) is 0 Å². The maximum atomic E-state index is 13.0. The molecule has 0 saturated carbocycles. The highest BCUT2D eigenvalue weighted by molar-refractivity contribution is 6.30. The lowest BCUT2D eigenvalue weighted by molar-refractivity contribution is -0.198. The van der Waals surface area contributed by atoms with Gasteiger partial charge in [0.15, 0.2) is 0 Å². The largest absolute Gasteiger partial charge is 0.475 e. The van der Waals surface area contributed by atoms with Crippen molar-refractivity contribution >= 4 is 11.6 Å². The Labute approximate surface area is 111 Å². The molecule has 2 nitrogen and oxygen atoms in total. The average molecular weight is 286 g/mol. The van der Waals surface area contributed by atoms with Crippen molar-refractivity contribution < 1.29 is 17.9 Å². The number of rotatable bonds is 0. The van der Waals surface area contributed by atoms with Crippen LogP contribution in [0.2, 0.25) is 5.02 Å². The average Bonchev–Trinajstić information content (AvgIpc) is 2.36. The van der Waals surface area contributed by atoms with Crippen LogP contribution in [0.1, 0.15) is 11.7 Å². The van der Waals surface area contributed by atoms with Crippen LogP contribution in [0.15, 0.2) is 36.7 Å². The third kappa shape index (κ3) is 2.04. The molecular formula is C13H7ClF3NO. The maximum Gasteiger partial charge on any atom is 0.429 e. The molecule has 3 rings (SSSR count). The van der Waals surface area contributed by atoms with Gasteiger partial charge in [0.25, 0.3) is 0 Å². The Morgan fingerprint density at radius 2 is 1.95 bits per heavy atom. The van der Waals surface area contributed by atoms with E-state index in [2.05, 4.69) is 4.98 Å². The van der Waals surface area contributed by atoms with Crippen molar-refractivity contribution in [3.05, 3.63) is 47.2 Å². The first-order valence-electron chi connectivity index (χ1n) is 5.44. The number of aromatic nitrogens is 1. The second-order valence-corrected chi connectivity index (χ2v) is 4.58. The van der Waals surface area contributed by atoms with Crippen molar-refractivity contribution in [3.63, 3.8) is 0 Å². The van der Waals surface area contributed by atoms with Crippen LogP contribution in [-0.2, 0) is 0 Å². The monoisotopic (exact) mass is 285 g/mol. The minimum Gasteiger partial charge on any atom is -0.475 e. The Balaban J connectivity index is 2.23. The SMILES string of the molecule is FC(F)(F)C1Oc2cc(Cl)ccc2-c2ccncc21. The first-order chi connectivity index (χ1) is 8.97. The highest BCUT2D eigenvalue weighted by Gasteiger charge is 2.46. The highest BCUT2D eigenvalue weighted by atomic mass is 35.5. The standard InChI is InChI=1S/C13H7ClF3NO/c14-7-1-2-9-8-3-4-18-6-10(8)12(13(15,16)17)19-11(9)5-7/h1-6,12H. The van der Waals surface area contributed by atoms with Gasteiger partial charge in [0.1, 0.15) is 5.75 Å². The van der Waals surface area contributed by atoms with Crippen LogP contribution in [0.25, 0.3) is 11.1 Å². The maximum absolute atomic E-state index is 13.0. The molecule has 1 unspecified atom stereocenters. The number of hydrogen-bond acceptors (Lipinski definition) is 2. The normalized spacial score (nSPS) is 17.4. The number of pyridine rings is 1. The third-order valence-electron chi connectivity index (χ3n) is 2.91. The van der Waals surface area contributed by atoms with E-state index >= 15 is 0 Å². The van der Waals surface area contributed by atoms with Gasteiger partial charge >= 0.3 is 6.18 Å². The molecule has 98 valence electrons. The predicted octanol–water partition coefficient (Wildman–Crippen LogP) is 4.40. The molecule has 0 amide bonds. The summed E-state index contributed by atoms with van der Waals surface area (Å²) in [6, 6.07) is 6.19. The number of fused-ring (bicyclic) bond motifs is 3. The van der Waals surface area contributed by atoms with Crippen LogP contribution in [0, 0.1) is 0 Å². The van der Waals surface area contributed by atoms with Crippen molar-refractivity contribution in [2.75, 3.05) is 0 Å². The van der Waals surface area contributed by atoms with Gasteiger partial charge < -0.3 is 4.74 Å². The Morgan fingerprint density at radius 3 is 2.68 bits per heavy atom. The van der Waals surface area contributed by atoms with Crippen LogP contribution in [-0.4, -0.2) is 11.2 Å². The summed E-state index contributed by atoms with van der Waals surface area (Å²) in [7, 11) is 0. The van der Waals surface area contributed by atoms with E-state index in [0.29, 0.717) is 16.1 Å². The van der Waals surface area contributed by atoms with E-state index in [0.717, 1.165) is 0 Å². The summed E-state index contributed by atoms with van der Waals surface area (Å²) in [5, 5.41) is 0.331. The second kappa shape index (κ2) is 4.13. The summed E-state index contributed by atoms with van der Waals surface area (Å²) in [6.07, 6.45) is -3.87. The smallest absolute Gasteiger partial charge is 0.429 e. The van der Waals surface area contributed by atoms with E-state index in [-0.39, 0.29) is 11.3 Å². The zero-order valence-electron chi connectivity index (χ0n) is 9.41. The van der Waals surface area contributed by atoms with E-state index in [1.807, 2.05) is 0 Å². The minimum absolute atomic E-state index is 0.0184. The lowest BCUT2D eigenvalue weighted by Crippen LogP contribution is -2.29. The number of hydrogen-bond donors (Lipinski definition) is 0. The molecule has 0 aliphatic carbocycles. The van der Waals surface area contributed by atoms with Crippen molar-refractivity contribution in [3.8, 4) is 16.9 Å². The Morgan fingerprint density at radius 1 is 1.16 bits per heavy atom. The molecule has 1 aliphatic rings. The van der Waals surface area contributed by atoms with Crippen molar-refractivity contribution in [2.24, 2.45) is 0 Å². The summed E-state index contributed by atoms with van der Waals surface area (Å²) < 4.78 is 44.1. The molecule has 0 radical (unpaired) electrons. The highest BCUT2D eigenvalue weighted by Crippen LogP contribution is 2.48. The summed E-state index contributed by atoms with van der Waals surface area (Å²) in [6.45, 7) is 0. The summed E-state index contributed by atoms with van der Waals surface area (Å²) in [4.78, 5) is 3.75. The van der Waals surface area contributed by atoms with Gasteiger partial charge in [-0.2, -0.15) is 13.2 Å². The van der Waals surface area contributed by atoms with Gasteiger partial charge in [-0.05, 0) is 29.8 Å². The lowest BCUT2D eigenvalue weighted by atomic mass is 9.94. The molecule has 2 heterocycles. The van der Waals surface area contributed by atoms with Crippen LogP contribution in [0.5, 0.6) is 5.75 Å². The van der Waals surface area contributed by atoms with Crippen LogP contribution in [0.3, 0.4) is 0 Å². The van der Waals surface area contributed by atoms with Gasteiger partial charge in [0.2, 0.25) is 6.10 Å². The van der Waals surface area contributed by atoms with Gasteiger partial charge in [-0.25, -0.2) is 0 Å². The molecule has 0 saturated heterocycles. The number of halogens is 4. The number of nitrogens with zero attached hydrogens (tertiary/aromatic N) is 1. The predicted molar refractivity (Wildman–Crippen MR) is 64.1 cm³/mol. The zero-order valence-corrected chi connectivity index (χ0v) is 10.2. The molecule has 2 aromatic rings. The summed E-state index contributed by atoms with van der Waals surface area (Å²) >= 11 is 5.79. The van der Waals surface area contributed by atoms with Crippen LogP contribution >= 0.6 is 11.6 Å². The van der Waals surface area contributed by atoms with Gasteiger partial charge in [0.05, 0.1) is 0 Å². The van der Waals surface area contributed by atoms with Crippen molar-refractivity contribution in [1.82, 2.24) is 4.98 Å². The first-order valence-corrected chi connectivity index (χ1v) is 5.82. The van der Waals surface area contributed by atoms with E-state index < -0.39 is 12.3 Å². The van der Waals surface area contributed by atoms with Crippen LogP contribution in [0.4, 0.5) is 13.2 Å².